The van der Waals surface area contributed by atoms with Crippen LogP contribution in [0, 0.1) is 11.8 Å². The zero-order valence-electron chi connectivity index (χ0n) is 12.8. The Morgan fingerprint density at radius 2 is 2.20 bits per heavy atom. The second-order valence-corrected chi connectivity index (χ2v) is 7.10. The molecule has 2 rings (SSSR count). The summed E-state index contributed by atoms with van der Waals surface area (Å²) >= 11 is 1.57. The van der Waals surface area contributed by atoms with Crippen molar-refractivity contribution in [2.75, 3.05) is 23.7 Å². The second-order valence-electron chi connectivity index (χ2n) is 6.07. The average Bonchev–Trinajstić information content (AvgIpc) is 2.65. The van der Waals surface area contributed by atoms with Crippen molar-refractivity contribution >= 4 is 27.8 Å². The molecular formula is C16H26N2OS. The van der Waals surface area contributed by atoms with Gasteiger partial charge < -0.3 is 10.6 Å². The summed E-state index contributed by atoms with van der Waals surface area (Å²) in [5, 5.41) is 1.17. The molecule has 1 atom stereocenters. The summed E-state index contributed by atoms with van der Waals surface area (Å²) in [5.74, 6) is 1.75. The van der Waals surface area contributed by atoms with Crippen LogP contribution in [0.25, 0.3) is 0 Å². The smallest absolute Gasteiger partial charge is 0.174 e. The highest BCUT2D eigenvalue weighted by Crippen LogP contribution is 2.35. The van der Waals surface area contributed by atoms with Crippen molar-refractivity contribution in [3.63, 3.8) is 0 Å². The first-order valence-corrected chi connectivity index (χ1v) is 8.52. The van der Waals surface area contributed by atoms with Gasteiger partial charge in [-0.3, -0.25) is 4.79 Å². The Balaban J connectivity index is 2.10. The van der Waals surface area contributed by atoms with Crippen LogP contribution in [0.5, 0.6) is 0 Å². The van der Waals surface area contributed by atoms with Gasteiger partial charge in [0.05, 0.1) is 15.6 Å². The lowest BCUT2D eigenvalue weighted by Crippen LogP contribution is -2.23. The zero-order chi connectivity index (χ0) is 14.7. The summed E-state index contributed by atoms with van der Waals surface area (Å²) in [7, 11) is 0. The van der Waals surface area contributed by atoms with Gasteiger partial charge in [0.1, 0.15) is 0 Å². The molecule has 0 aromatic carbocycles. The van der Waals surface area contributed by atoms with E-state index in [0.717, 1.165) is 29.8 Å². The molecule has 0 saturated carbocycles. The molecule has 0 radical (unpaired) electrons. The fourth-order valence-electron chi connectivity index (χ4n) is 2.94. The van der Waals surface area contributed by atoms with E-state index in [4.69, 9.17) is 5.73 Å². The molecule has 1 aliphatic heterocycles. The van der Waals surface area contributed by atoms with E-state index >= 15 is 0 Å². The van der Waals surface area contributed by atoms with E-state index in [-0.39, 0.29) is 5.78 Å². The van der Waals surface area contributed by atoms with Crippen LogP contribution in [0.3, 0.4) is 0 Å². The summed E-state index contributed by atoms with van der Waals surface area (Å²) in [6, 6.07) is 1.99. The molecule has 0 amide bonds. The summed E-state index contributed by atoms with van der Waals surface area (Å²) in [4.78, 5) is 15.0. The van der Waals surface area contributed by atoms with Gasteiger partial charge in [-0.15, -0.1) is 11.3 Å². The third kappa shape index (κ3) is 3.35. The molecule has 4 heteroatoms. The number of hydrogen-bond acceptors (Lipinski definition) is 4. The molecule has 1 saturated heterocycles. The number of nitrogens with two attached hydrogens (primary N) is 1. The van der Waals surface area contributed by atoms with Gasteiger partial charge in [0.15, 0.2) is 5.78 Å². The Hall–Kier alpha value is -1.03. The quantitative estimate of drug-likeness (QED) is 0.847. The van der Waals surface area contributed by atoms with E-state index in [1.54, 1.807) is 11.3 Å². The lowest BCUT2D eigenvalue weighted by molar-refractivity contribution is 0.0993. The topological polar surface area (TPSA) is 46.3 Å². The van der Waals surface area contributed by atoms with Gasteiger partial charge in [-0.1, -0.05) is 20.8 Å². The van der Waals surface area contributed by atoms with Crippen LogP contribution < -0.4 is 10.6 Å². The molecule has 2 heterocycles. The number of ketones is 1. The average molecular weight is 294 g/mol. The number of carbonyl (C=O) groups is 1. The standard InChI is InChI=1S/C16H26N2OS/c1-4-14(19)16-13(17)10-15(20-16)18-8-5-6-12(7-9-18)11(2)3/h10-12H,4-9,17H2,1-3H3. The largest absolute Gasteiger partial charge is 0.397 e. The summed E-state index contributed by atoms with van der Waals surface area (Å²) in [6.45, 7) is 8.70. The molecule has 0 bridgehead atoms. The molecule has 1 fully saturated rings. The summed E-state index contributed by atoms with van der Waals surface area (Å²) in [5.41, 5.74) is 6.66. The van der Waals surface area contributed by atoms with Crippen LogP contribution in [0.1, 0.15) is 56.1 Å². The predicted octanol–water partition coefficient (Wildman–Crippen LogP) is 4.19. The fraction of sp³-hybridized carbons (Fsp3) is 0.688. The van der Waals surface area contributed by atoms with Gasteiger partial charge in [0.2, 0.25) is 0 Å². The Labute approximate surface area is 126 Å². The highest BCUT2D eigenvalue weighted by atomic mass is 32.1. The van der Waals surface area contributed by atoms with Gasteiger partial charge in [-0.05, 0) is 37.2 Å². The number of nitrogen functional groups attached to an aromatic ring is 1. The molecule has 3 nitrogen and oxygen atoms in total. The zero-order valence-corrected chi connectivity index (χ0v) is 13.6. The Bertz CT molecular complexity index is 467. The summed E-state index contributed by atoms with van der Waals surface area (Å²) < 4.78 is 0. The molecule has 2 N–H and O–H groups in total. The van der Waals surface area contributed by atoms with Crippen LogP contribution >= 0.6 is 11.3 Å². The van der Waals surface area contributed by atoms with Gasteiger partial charge >= 0.3 is 0 Å². The number of Topliss-reactive ketones (excluding diaryl/α,β-unsaturated/α-hetero) is 1. The highest BCUT2D eigenvalue weighted by molar-refractivity contribution is 7.18. The third-order valence-corrected chi connectivity index (χ3v) is 5.60. The maximum Gasteiger partial charge on any atom is 0.174 e. The maximum absolute atomic E-state index is 11.9. The van der Waals surface area contributed by atoms with E-state index < -0.39 is 0 Å². The van der Waals surface area contributed by atoms with Gasteiger partial charge in [0.25, 0.3) is 0 Å². The SMILES string of the molecule is CCC(=O)c1sc(N2CCCC(C(C)C)CC2)cc1N. The molecule has 1 aromatic rings. The van der Waals surface area contributed by atoms with Gasteiger partial charge in [-0.2, -0.15) is 0 Å². The van der Waals surface area contributed by atoms with E-state index in [0.29, 0.717) is 12.1 Å². The van der Waals surface area contributed by atoms with E-state index in [2.05, 4.69) is 18.7 Å². The molecule has 0 spiro atoms. The first-order chi connectivity index (χ1) is 9.52. The molecule has 1 aliphatic rings. The van der Waals surface area contributed by atoms with Crippen LogP contribution in [-0.4, -0.2) is 18.9 Å². The van der Waals surface area contributed by atoms with Gasteiger partial charge in [0, 0.05) is 19.5 Å². The van der Waals surface area contributed by atoms with Crippen molar-refractivity contribution in [2.24, 2.45) is 11.8 Å². The van der Waals surface area contributed by atoms with Gasteiger partial charge in [-0.25, -0.2) is 0 Å². The van der Waals surface area contributed by atoms with Crippen molar-refractivity contribution in [3.05, 3.63) is 10.9 Å². The molecule has 1 aromatic heterocycles. The predicted molar refractivity (Wildman–Crippen MR) is 87.7 cm³/mol. The van der Waals surface area contributed by atoms with Crippen molar-refractivity contribution in [1.29, 1.82) is 0 Å². The number of nitrogens with zero attached hydrogens (tertiary/aromatic N) is 1. The Morgan fingerprint density at radius 3 is 2.85 bits per heavy atom. The molecule has 0 aliphatic carbocycles. The maximum atomic E-state index is 11.9. The van der Waals surface area contributed by atoms with E-state index in [9.17, 15) is 4.79 Å². The van der Waals surface area contributed by atoms with Crippen LogP contribution in [0.15, 0.2) is 6.07 Å². The van der Waals surface area contributed by atoms with Crippen molar-refractivity contribution in [1.82, 2.24) is 0 Å². The second kappa shape index (κ2) is 6.61. The molecule has 1 unspecified atom stereocenters. The van der Waals surface area contributed by atoms with Crippen LogP contribution in [-0.2, 0) is 0 Å². The number of hydrogen-bond donors (Lipinski definition) is 1. The first-order valence-electron chi connectivity index (χ1n) is 7.70. The van der Waals surface area contributed by atoms with E-state index in [1.807, 2.05) is 13.0 Å². The number of carbonyl (C=O) groups excluding carboxylic acids is 1. The number of thiophene rings is 1. The Morgan fingerprint density at radius 1 is 1.45 bits per heavy atom. The normalized spacial score (nSPS) is 20.2. The van der Waals surface area contributed by atoms with E-state index in [1.165, 1.54) is 24.3 Å². The summed E-state index contributed by atoms with van der Waals surface area (Å²) in [6.07, 6.45) is 4.32. The lowest BCUT2D eigenvalue weighted by atomic mass is 9.89. The fourth-order valence-corrected chi connectivity index (χ4v) is 4.08. The van der Waals surface area contributed by atoms with Crippen LogP contribution in [0.2, 0.25) is 0 Å². The lowest BCUT2D eigenvalue weighted by Gasteiger charge is -2.21. The minimum Gasteiger partial charge on any atom is -0.397 e. The first kappa shape index (κ1) is 15.4. The number of rotatable bonds is 4. The third-order valence-electron chi connectivity index (χ3n) is 4.35. The Kier molecular flexibility index (Phi) is 5.08. The van der Waals surface area contributed by atoms with Crippen LogP contribution in [0.4, 0.5) is 10.7 Å². The minimum atomic E-state index is 0.161. The monoisotopic (exact) mass is 294 g/mol. The number of anilines is 2. The minimum absolute atomic E-state index is 0.161. The highest BCUT2D eigenvalue weighted by Gasteiger charge is 2.22. The molecule has 20 heavy (non-hydrogen) atoms. The van der Waals surface area contributed by atoms with Crippen molar-refractivity contribution in [3.8, 4) is 0 Å². The molecule has 112 valence electrons. The van der Waals surface area contributed by atoms with Crippen molar-refractivity contribution in [2.45, 2.75) is 46.5 Å². The molecular weight excluding hydrogens is 268 g/mol. The van der Waals surface area contributed by atoms with Crippen molar-refractivity contribution < 1.29 is 4.79 Å².